The number of carbonyl (C=O) groups is 1. The van der Waals surface area contributed by atoms with E-state index in [1.807, 2.05) is 37.2 Å². The minimum atomic E-state index is -0.570. The molecule has 0 radical (unpaired) electrons. The maximum Gasteiger partial charge on any atom is 0.410 e. The number of hydrogen-bond donors (Lipinski definition) is 1. The summed E-state index contributed by atoms with van der Waals surface area (Å²) in [5.74, 6) is 4.39. The zero-order valence-electron chi connectivity index (χ0n) is 29.1. The molecule has 0 unspecified atom stereocenters. The maximum absolute atomic E-state index is 13.7. The van der Waals surface area contributed by atoms with Crippen LogP contribution in [0.15, 0.2) is 35.6 Å². The van der Waals surface area contributed by atoms with Gasteiger partial charge in [0.15, 0.2) is 0 Å². The summed E-state index contributed by atoms with van der Waals surface area (Å²) in [7, 11) is 0. The first-order valence-corrected chi connectivity index (χ1v) is 18.6. The lowest BCUT2D eigenvalue weighted by Gasteiger charge is -2.42. The topological polar surface area (TPSA) is 103 Å². The number of aromatic amines is 1. The third-order valence-corrected chi connectivity index (χ3v) is 12.0. The highest BCUT2D eigenvalue weighted by molar-refractivity contribution is 7.17. The number of halogens is 1. The minimum absolute atomic E-state index is 0.00381. The van der Waals surface area contributed by atoms with Crippen molar-refractivity contribution in [3.8, 4) is 18.4 Å². The summed E-state index contributed by atoms with van der Waals surface area (Å²) < 4.78 is 27.2. The average molecular weight is 709 g/mol. The van der Waals surface area contributed by atoms with Gasteiger partial charge in [-0.05, 0) is 77.1 Å². The molecule has 51 heavy (non-hydrogen) atoms. The van der Waals surface area contributed by atoms with Crippen molar-refractivity contribution in [1.82, 2.24) is 30.0 Å². The molecule has 0 saturated carbocycles. The quantitative estimate of drug-likeness (QED) is 0.225. The molecular weight excluding hydrogens is 668 g/mol. The summed E-state index contributed by atoms with van der Waals surface area (Å²) in [6, 6.07) is 2.37. The number of fused-ring (bicyclic) bond motifs is 6. The molecule has 5 aliphatic rings. The largest absolute Gasteiger partial charge is 0.461 e. The van der Waals surface area contributed by atoms with Gasteiger partial charge in [0, 0.05) is 52.6 Å². The number of piperazine rings is 1. The number of anilines is 3. The molecular formula is C38H41FN8O3S. The number of thiophene rings is 1. The molecule has 3 aromatic heterocycles. The molecule has 5 aliphatic heterocycles. The fourth-order valence-corrected chi connectivity index (χ4v) is 9.90. The molecule has 1 amide bonds. The predicted molar refractivity (Wildman–Crippen MR) is 197 cm³/mol. The van der Waals surface area contributed by atoms with Gasteiger partial charge in [0.05, 0.1) is 46.9 Å². The van der Waals surface area contributed by atoms with Crippen molar-refractivity contribution in [2.75, 3.05) is 49.1 Å². The fourth-order valence-electron chi connectivity index (χ4n) is 8.96. The Kier molecular flexibility index (Phi) is 7.56. The number of nitrogens with zero attached hydrogens (tertiary/aromatic N) is 7. The van der Waals surface area contributed by atoms with E-state index in [4.69, 9.17) is 25.9 Å². The molecule has 264 valence electrons. The van der Waals surface area contributed by atoms with Crippen molar-refractivity contribution in [3.63, 3.8) is 0 Å². The van der Waals surface area contributed by atoms with Crippen molar-refractivity contribution in [2.24, 2.45) is 0 Å². The van der Waals surface area contributed by atoms with Gasteiger partial charge in [-0.15, -0.1) is 17.8 Å². The third kappa shape index (κ3) is 5.33. The van der Waals surface area contributed by atoms with Gasteiger partial charge < -0.3 is 19.3 Å². The number of nitrogens with one attached hydrogen (secondary N) is 1. The van der Waals surface area contributed by atoms with E-state index in [9.17, 15) is 9.18 Å². The van der Waals surface area contributed by atoms with Crippen LogP contribution in [0.2, 0.25) is 0 Å². The maximum atomic E-state index is 13.7. The number of rotatable bonds is 5. The first-order valence-electron chi connectivity index (χ1n) is 17.8. The van der Waals surface area contributed by atoms with E-state index < -0.39 is 5.60 Å². The van der Waals surface area contributed by atoms with Gasteiger partial charge in [0.25, 0.3) is 0 Å². The number of terminal acetylenes is 1. The van der Waals surface area contributed by atoms with E-state index in [-0.39, 0.29) is 29.7 Å². The molecule has 2 bridgehead atoms. The Morgan fingerprint density at radius 2 is 2.04 bits per heavy atom. The average Bonchev–Trinajstić information content (AvgIpc) is 3.93. The van der Waals surface area contributed by atoms with Gasteiger partial charge >= 0.3 is 12.1 Å². The lowest BCUT2D eigenvalue weighted by molar-refractivity contribution is 0.0122. The Labute approximate surface area is 300 Å². The van der Waals surface area contributed by atoms with Crippen LogP contribution in [0.1, 0.15) is 64.0 Å². The minimum Gasteiger partial charge on any atom is -0.461 e. The van der Waals surface area contributed by atoms with E-state index >= 15 is 0 Å². The molecule has 1 N–H and O–H groups in total. The van der Waals surface area contributed by atoms with Crippen LogP contribution in [0.3, 0.4) is 0 Å². The van der Waals surface area contributed by atoms with E-state index in [1.165, 1.54) is 0 Å². The molecule has 4 fully saturated rings. The number of hydrogen-bond acceptors (Lipinski definition) is 10. The van der Waals surface area contributed by atoms with E-state index in [2.05, 4.69) is 49.0 Å². The highest BCUT2D eigenvalue weighted by Crippen LogP contribution is 2.47. The number of H-pyrrole nitrogens is 1. The van der Waals surface area contributed by atoms with Gasteiger partial charge in [0.2, 0.25) is 0 Å². The molecule has 11 nitrogen and oxygen atoms in total. The van der Waals surface area contributed by atoms with Gasteiger partial charge in [-0.25, -0.2) is 9.18 Å². The van der Waals surface area contributed by atoms with Gasteiger partial charge in [-0.3, -0.25) is 14.9 Å². The van der Waals surface area contributed by atoms with Crippen LogP contribution in [0.5, 0.6) is 6.01 Å². The summed E-state index contributed by atoms with van der Waals surface area (Å²) >= 11 is 1.61. The lowest BCUT2D eigenvalue weighted by atomic mass is 9.94. The van der Waals surface area contributed by atoms with Gasteiger partial charge in [-0.1, -0.05) is 12.0 Å². The molecule has 0 spiro atoms. The molecule has 3 atom stereocenters. The third-order valence-electron chi connectivity index (χ3n) is 11.1. The normalized spacial score (nSPS) is 25.2. The number of benzene rings is 1. The van der Waals surface area contributed by atoms with Crippen molar-refractivity contribution in [2.45, 2.75) is 76.1 Å². The lowest BCUT2D eigenvalue weighted by Crippen LogP contribution is -2.57. The van der Waals surface area contributed by atoms with Crippen LogP contribution >= 0.6 is 11.3 Å². The second kappa shape index (κ2) is 12.0. The Morgan fingerprint density at radius 3 is 2.80 bits per heavy atom. The molecule has 9 rings (SSSR count). The second-order valence-electron chi connectivity index (χ2n) is 15.5. The summed E-state index contributed by atoms with van der Waals surface area (Å²) in [4.78, 5) is 32.4. The summed E-state index contributed by atoms with van der Waals surface area (Å²) in [5, 5.41) is 11.5. The highest BCUT2D eigenvalue weighted by atomic mass is 32.1. The highest BCUT2D eigenvalue weighted by Gasteiger charge is 2.48. The summed E-state index contributed by atoms with van der Waals surface area (Å²) in [6.45, 7) is 9.41. The van der Waals surface area contributed by atoms with Crippen LogP contribution in [0.4, 0.5) is 26.5 Å². The monoisotopic (exact) mass is 708 g/mol. The van der Waals surface area contributed by atoms with E-state index in [0.29, 0.717) is 39.2 Å². The molecule has 4 saturated heterocycles. The second-order valence-corrected chi connectivity index (χ2v) is 16.4. The van der Waals surface area contributed by atoms with Crippen molar-refractivity contribution < 1.29 is 18.7 Å². The van der Waals surface area contributed by atoms with Crippen LogP contribution in [-0.2, 0) is 4.74 Å². The van der Waals surface area contributed by atoms with Crippen LogP contribution < -0.4 is 14.5 Å². The molecule has 4 aromatic rings. The van der Waals surface area contributed by atoms with Crippen molar-refractivity contribution in [1.29, 1.82) is 0 Å². The van der Waals surface area contributed by atoms with Crippen molar-refractivity contribution >= 4 is 61.8 Å². The molecule has 13 heteroatoms. The molecule has 8 heterocycles. The Hall–Kier alpha value is -4.67. The SMILES string of the molecule is C#Cc1csc2cc3[nH]ncc3c(N3CC=Cc4c(N5C[C@H]6CC[C@@H](C5)N6C(=O)OC(C)(C)C)nc(OC[C@@]56CCCN5C/C(=C\F)C6)nc43)c12. The molecule has 0 aliphatic carbocycles. The number of aromatic nitrogens is 4. The van der Waals surface area contributed by atoms with Crippen LogP contribution in [-0.4, -0.2) is 98.6 Å². The molecule has 1 aromatic carbocycles. The van der Waals surface area contributed by atoms with E-state index in [0.717, 1.165) is 93.6 Å². The zero-order chi connectivity index (χ0) is 35.1. The summed E-state index contributed by atoms with van der Waals surface area (Å²) in [6.07, 6.45) is 17.0. The Bertz CT molecular complexity index is 2150. The van der Waals surface area contributed by atoms with Gasteiger partial charge in [-0.2, -0.15) is 15.1 Å². The van der Waals surface area contributed by atoms with E-state index in [1.54, 1.807) is 11.3 Å². The zero-order valence-corrected chi connectivity index (χ0v) is 29.9. The van der Waals surface area contributed by atoms with Crippen LogP contribution in [0, 0.1) is 12.3 Å². The first kappa shape index (κ1) is 32.3. The van der Waals surface area contributed by atoms with Gasteiger partial charge in [0.1, 0.15) is 23.8 Å². The summed E-state index contributed by atoms with van der Waals surface area (Å²) in [5.41, 5.74) is 3.52. The van der Waals surface area contributed by atoms with Crippen LogP contribution in [0.25, 0.3) is 27.1 Å². The predicted octanol–water partition coefficient (Wildman–Crippen LogP) is 6.77. The Morgan fingerprint density at radius 1 is 1.24 bits per heavy atom. The van der Waals surface area contributed by atoms with Crippen molar-refractivity contribution in [3.05, 3.63) is 46.7 Å². The Balaban J connectivity index is 1.14. The number of amides is 1. The standard InChI is InChI=1S/C38H41FN8O3S/c1-5-24-21-51-30-14-29-28(17-40-43-29)32(31(24)30)46-13-6-8-27-33(44-19-25-9-10-26(20-44)47(25)36(48)50-37(2,3)4)41-35(42-34(27)46)49-22-38-11-7-12-45(38)18-23(15-38)16-39/h1,6,8,14,16-17,21,25-26H,7,9-13,15,18-20,22H2,2-4H3,(H,40,43)/b23-16-/t25-,26+,38-/m0/s1. The smallest absolute Gasteiger partial charge is 0.410 e. The fraction of sp³-hybridized carbons (Fsp3) is 0.474. The first-order chi connectivity index (χ1) is 24.6. The number of carbonyl (C=O) groups excluding carboxylic acids is 1. The number of ether oxygens (including phenoxy) is 2.